The van der Waals surface area contributed by atoms with Gasteiger partial charge in [0.25, 0.3) is 5.69 Å². The minimum Gasteiger partial charge on any atom is -0.744 e. The van der Waals surface area contributed by atoms with Crippen molar-refractivity contribution in [1.29, 1.82) is 0 Å². The maximum atomic E-state index is 10.4. The van der Waals surface area contributed by atoms with Gasteiger partial charge in [0.05, 0.1) is 9.82 Å². The molecule has 0 aliphatic carbocycles. The summed E-state index contributed by atoms with van der Waals surface area (Å²) < 4.78 is 31.2. The van der Waals surface area contributed by atoms with Gasteiger partial charge in [-0.3, -0.25) is 27.0 Å². The molecule has 0 unspecified atom stereocenters. The first-order valence-corrected chi connectivity index (χ1v) is 5.39. The van der Waals surface area contributed by atoms with Gasteiger partial charge in [-0.25, -0.2) is 8.42 Å². The van der Waals surface area contributed by atoms with E-state index in [1.807, 2.05) is 0 Å². The highest BCUT2D eigenvalue weighted by molar-refractivity contribution is 7.85. The highest BCUT2D eigenvalue weighted by Gasteiger charge is 2.06. The molecule has 1 aromatic rings. The fraction of sp³-hybridized carbons (Fsp3) is 0. The molecule has 0 spiro atoms. The maximum Gasteiger partial charge on any atom is 0.336 e. The smallest absolute Gasteiger partial charge is 0.336 e. The van der Waals surface area contributed by atoms with Crippen LogP contribution in [0.2, 0.25) is 0 Å². The van der Waals surface area contributed by atoms with Gasteiger partial charge in [0.2, 0.25) is 0 Å². The third-order valence-electron chi connectivity index (χ3n) is 1.34. The van der Waals surface area contributed by atoms with Crippen molar-refractivity contribution in [2.24, 2.45) is 11.5 Å². The first-order valence-electron chi connectivity index (χ1n) is 3.98. The van der Waals surface area contributed by atoms with Gasteiger partial charge in [0.1, 0.15) is 10.1 Å². The molecule has 94 valence electrons. The van der Waals surface area contributed by atoms with E-state index in [1.54, 1.807) is 0 Å². The monoisotopic (exact) mass is 262 g/mol. The molecule has 0 aliphatic rings. The van der Waals surface area contributed by atoms with Crippen molar-refractivity contribution < 1.29 is 23.3 Å². The van der Waals surface area contributed by atoms with Crippen LogP contribution >= 0.6 is 0 Å². The van der Waals surface area contributed by atoms with Crippen LogP contribution in [-0.4, -0.2) is 23.9 Å². The zero-order valence-electron chi connectivity index (χ0n) is 8.44. The average molecular weight is 262 g/mol. The van der Waals surface area contributed by atoms with E-state index in [1.165, 1.54) is 0 Å². The molecule has 0 amide bonds. The molecule has 1 aromatic carbocycles. The van der Waals surface area contributed by atoms with Crippen LogP contribution in [-0.2, 0) is 10.1 Å². The molecule has 0 saturated carbocycles. The molecular formula is C7H10N4O5S. The number of hydrogen-bond donors (Lipinski definition) is 3. The summed E-state index contributed by atoms with van der Waals surface area (Å²) in [5, 5.41) is 14.7. The summed E-state index contributed by atoms with van der Waals surface area (Å²) in [7, 11) is -4.52. The van der Waals surface area contributed by atoms with Crippen LogP contribution in [0.5, 0.6) is 0 Å². The number of nitrogens with two attached hydrogens (primary N) is 3. The Labute approximate surface area is 96.4 Å². The molecule has 0 atom stereocenters. The average Bonchev–Trinajstić information content (AvgIpc) is 2.15. The lowest BCUT2D eigenvalue weighted by Gasteiger charge is -2.04. The highest BCUT2D eigenvalue weighted by atomic mass is 32.2. The van der Waals surface area contributed by atoms with Crippen molar-refractivity contribution in [2.75, 3.05) is 0 Å². The summed E-state index contributed by atoms with van der Waals surface area (Å²) in [6.45, 7) is 0. The van der Waals surface area contributed by atoms with Gasteiger partial charge in [-0.05, 0) is 12.1 Å². The number of hydrogen-bond acceptors (Lipinski definition) is 5. The van der Waals surface area contributed by atoms with E-state index in [9.17, 15) is 23.1 Å². The fourth-order valence-electron chi connectivity index (χ4n) is 0.735. The first-order chi connectivity index (χ1) is 7.64. The van der Waals surface area contributed by atoms with Crippen LogP contribution < -0.4 is 16.9 Å². The summed E-state index contributed by atoms with van der Waals surface area (Å²) >= 11 is 0. The van der Waals surface area contributed by atoms with Crippen molar-refractivity contribution in [3.05, 3.63) is 34.4 Å². The van der Waals surface area contributed by atoms with Gasteiger partial charge in [-0.2, -0.15) is 0 Å². The predicted molar refractivity (Wildman–Crippen MR) is 56.4 cm³/mol. The number of rotatable bonds is 2. The van der Waals surface area contributed by atoms with Gasteiger partial charge in [0, 0.05) is 12.1 Å². The Morgan fingerprint density at radius 2 is 1.59 bits per heavy atom. The molecule has 0 bridgehead atoms. The van der Waals surface area contributed by atoms with E-state index >= 15 is 0 Å². The number of guanidine groups is 1. The lowest BCUT2D eigenvalue weighted by atomic mass is 10.3. The van der Waals surface area contributed by atoms with Crippen LogP contribution in [0.1, 0.15) is 0 Å². The van der Waals surface area contributed by atoms with Crippen LogP contribution in [0.15, 0.2) is 29.2 Å². The van der Waals surface area contributed by atoms with E-state index in [4.69, 9.17) is 0 Å². The predicted octanol–water partition coefficient (Wildman–Crippen LogP) is -2.48. The van der Waals surface area contributed by atoms with Crippen LogP contribution in [0, 0.1) is 10.1 Å². The normalized spacial score (nSPS) is 9.94. The van der Waals surface area contributed by atoms with E-state index < -0.39 is 19.9 Å². The van der Waals surface area contributed by atoms with Crippen molar-refractivity contribution in [2.45, 2.75) is 4.90 Å². The summed E-state index contributed by atoms with van der Waals surface area (Å²) in [6, 6.07) is 3.73. The Bertz CT molecular complexity index is 506. The van der Waals surface area contributed by atoms with Gasteiger partial charge in [-0.15, -0.1) is 0 Å². The number of nitro groups is 1. The lowest BCUT2D eigenvalue weighted by Crippen LogP contribution is -2.51. The number of nitro benzene ring substituents is 1. The quantitative estimate of drug-likeness (QED) is 0.173. The van der Waals surface area contributed by atoms with Gasteiger partial charge >= 0.3 is 5.96 Å². The second-order valence-electron chi connectivity index (χ2n) is 2.71. The van der Waals surface area contributed by atoms with Crippen LogP contribution in [0.3, 0.4) is 0 Å². The second kappa shape index (κ2) is 5.77. The van der Waals surface area contributed by atoms with Crippen molar-refractivity contribution in [1.82, 2.24) is 0 Å². The molecule has 0 aliphatic heterocycles. The topological polar surface area (TPSA) is 178 Å². The second-order valence-corrected chi connectivity index (χ2v) is 4.08. The molecular weight excluding hydrogens is 252 g/mol. The largest absolute Gasteiger partial charge is 0.744 e. The third-order valence-corrected chi connectivity index (χ3v) is 2.19. The molecule has 9 nitrogen and oxygen atoms in total. The van der Waals surface area contributed by atoms with Crippen molar-refractivity contribution >= 4 is 21.8 Å². The van der Waals surface area contributed by atoms with Crippen molar-refractivity contribution in [3.63, 3.8) is 0 Å². The SMILES string of the molecule is NC(N)=[NH2+].O=[N+]([O-])c1ccc(S(=O)(=O)[O-])cc1. The highest BCUT2D eigenvalue weighted by Crippen LogP contribution is 2.14. The molecule has 0 radical (unpaired) electrons. The molecule has 0 heterocycles. The van der Waals surface area contributed by atoms with E-state index in [-0.39, 0.29) is 11.6 Å². The zero-order valence-corrected chi connectivity index (χ0v) is 9.25. The lowest BCUT2D eigenvalue weighted by molar-refractivity contribution is -0.384. The Balaban J connectivity index is 0.000000557. The molecule has 17 heavy (non-hydrogen) atoms. The van der Waals surface area contributed by atoms with E-state index in [0.29, 0.717) is 0 Å². The van der Waals surface area contributed by atoms with Crippen molar-refractivity contribution in [3.8, 4) is 0 Å². The Morgan fingerprint density at radius 1 is 1.24 bits per heavy atom. The third kappa shape index (κ3) is 6.06. The summed E-state index contributed by atoms with van der Waals surface area (Å²) in [5.74, 6) is -0.0833. The molecule has 0 aromatic heterocycles. The van der Waals surface area contributed by atoms with Gasteiger partial charge < -0.3 is 4.55 Å². The Hall–Kier alpha value is -2.20. The summed E-state index contributed by atoms with van der Waals surface area (Å²) in [4.78, 5) is 8.99. The van der Waals surface area contributed by atoms with E-state index in [2.05, 4.69) is 16.9 Å². The van der Waals surface area contributed by atoms with Crippen LogP contribution in [0.4, 0.5) is 5.69 Å². The minimum absolute atomic E-state index is 0.0833. The minimum atomic E-state index is -4.52. The Morgan fingerprint density at radius 3 is 1.82 bits per heavy atom. The number of nitrogens with zero attached hydrogens (tertiary/aromatic N) is 1. The first kappa shape index (κ1) is 14.8. The molecule has 1 rings (SSSR count). The maximum absolute atomic E-state index is 10.4. The Kier molecular flexibility index (Phi) is 5.02. The molecule has 0 fully saturated rings. The van der Waals surface area contributed by atoms with E-state index in [0.717, 1.165) is 24.3 Å². The molecule has 6 N–H and O–H groups in total. The van der Waals surface area contributed by atoms with Crippen LogP contribution in [0.25, 0.3) is 0 Å². The zero-order chi connectivity index (χ0) is 13.6. The summed E-state index contributed by atoms with van der Waals surface area (Å²) in [6.07, 6.45) is 0. The molecule has 0 saturated heterocycles. The standard InChI is InChI=1S/C6H5NO5S.CH5N3/c8-7(9)5-1-3-6(4-2-5)13(10,11)12;2-1(3)4/h1-4H,(H,10,11,12);(H5,2,3,4). The molecule has 10 heteroatoms. The fourth-order valence-corrected chi connectivity index (χ4v) is 1.20. The number of benzene rings is 1. The van der Waals surface area contributed by atoms with Gasteiger partial charge in [-0.1, -0.05) is 0 Å². The summed E-state index contributed by atoms with van der Waals surface area (Å²) in [5.41, 5.74) is 8.91. The number of non-ortho nitro benzene ring substituents is 1. The van der Waals surface area contributed by atoms with Gasteiger partial charge in [0.15, 0.2) is 0 Å².